The van der Waals surface area contributed by atoms with Gasteiger partial charge in [-0.15, -0.1) is 0 Å². The number of aryl methyl sites for hydroxylation is 4. The Hall–Kier alpha value is -11.9. The number of urea groups is 2. The van der Waals surface area contributed by atoms with E-state index in [1.807, 2.05) is 173 Å². The topological polar surface area (TPSA) is 274 Å². The summed E-state index contributed by atoms with van der Waals surface area (Å²) in [5.74, 6) is -1.42. The number of anilines is 1. The van der Waals surface area contributed by atoms with Gasteiger partial charge in [0.15, 0.2) is 0 Å². The van der Waals surface area contributed by atoms with Gasteiger partial charge in [0.2, 0.25) is 17.7 Å². The van der Waals surface area contributed by atoms with Crippen molar-refractivity contribution in [3.05, 3.63) is 312 Å². The van der Waals surface area contributed by atoms with Crippen molar-refractivity contribution in [2.45, 2.75) is 89.4 Å². The number of likely N-dealkylation sites (N-methyl/N-ethyl adjacent to an activating group) is 2. The zero-order valence-corrected chi connectivity index (χ0v) is 56.0. The summed E-state index contributed by atoms with van der Waals surface area (Å²) in [7, 11) is 3.94. The Morgan fingerprint density at radius 1 is 0.430 bits per heavy atom. The number of hydrogen-bond acceptors (Lipinski definition) is 17. The predicted molar refractivity (Wildman–Crippen MR) is 378 cm³/mol. The van der Waals surface area contributed by atoms with E-state index >= 15 is 0 Å². The molecule has 0 saturated carbocycles. The molecule has 22 nitrogen and oxygen atoms in total. The van der Waals surface area contributed by atoms with Gasteiger partial charge < -0.3 is 20.2 Å². The van der Waals surface area contributed by atoms with Gasteiger partial charge in [-0.2, -0.15) is 0 Å². The SMILES string of the molecule is CCOc1ccc(N2C(=O)NC(=O)C(CCc3ccncc3)(CCc3ccncc3)C2=O)cc1.CNC(c1ccncc1)C(NC)c1ccncc1.O=C1NC(=O)C(CCc2ccncc2)(CCc2ccncc2)C(=O)N1Cc1ccccc1.[C-]#[N+]C(Cc1ccncc1)c1ccncc1. The smallest absolute Gasteiger partial charge is 0.335 e. The molecule has 100 heavy (non-hydrogen) atoms. The molecule has 3 atom stereocenters. The average molecular weight is 1340 g/mol. The van der Waals surface area contributed by atoms with Crippen LogP contribution < -0.4 is 30.9 Å². The van der Waals surface area contributed by atoms with Crippen molar-refractivity contribution in [1.82, 2.24) is 66.0 Å². The second-order valence-corrected chi connectivity index (χ2v) is 23.6. The fraction of sp³-hybridized carbons (Fsp3) is 0.244. The highest BCUT2D eigenvalue weighted by Gasteiger charge is 2.54. The number of barbiturate groups is 2. The average Bonchev–Trinajstić information content (AvgIpc) is 0.762. The Balaban J connectivity index is 0.000000163. The normalized spacial score (nSPS) is 14.5. The first kappa shape index (κ1) is 72.3. The van der Waals surface area contributed by atoms with Gasteiger partial charge in [-0.3, -0.25) is 74.6 Å². The minimum atomic E-state index is -1.40. The minimum Gasteiger partial charge on any atom is -0.494 e. The van der Waals surface area contributed by atoms with E-state index in [1.54, 1.807) is 98.6 Å². The number of amides is 8. The monoisotopic (exact) mass is 1340 g/mol. The van der Waals surface area contributed by atoms with Crippen LogP contribution in [0.2, 0.25) is 0 Å². The van der Waals surface area contributed by atoms with Crippen molar-refractivity contribution in [2.24, 2.45) is 10.8 Å². The van der Waals surface area contributed by atoms with Gasteiger partial charge >= 0.3 is 12.1 Å². The molecule has 8 aromatic heterocycles. The van der Waals surface area contributed by atoms with E-state index in [-0.39, 0.29) is 37.5 Å². The Bertz CT molecular complexity index is 4100. The molecule has 2 aliphatic rings. The van der Waals surface area contributed by atoms with Gasteiger partial charge in [0.05, 0.1) is 37.3 Å². The molecule has 4 N–H and O–H groups in total. The molecule has 10 aromatic rings. The molecule has 508 valence electrons. The van der Waals surface area contributed by atoms with Gasteiger partial charge in [0.1, 0.15) is 16.6 Å². The number of pyridine rings is 8. The fourth-order valence-corrected chi connectivity index (χ4v) is 11.9. The fourth-order valence-electron chi connectivity index (χ4n) is 11.9. The van der Waals surface area contributed by atoms with Crippen LogP contribution in [0.3, 0.4) is 0 Å². The number of rotatable bonds is 25. The number of hydrogen-bond donors (Lipinski definition) is 4. The van der Waals surface area contributed by atoms with Gasteiger partial charge in [-0.05, 0) is 238 Å². The molecular formula is C78H79N15O7. The molecule has 22 heteroatoms. The van der Waals surface area contributed by atoms with Gasteiger partial charge in [0, 0.05) is 105 Å². The van der Waals surface area contributed by atoms with Gasteiger partial charge in [0.25, 0.3) is 11.9 Å². The van der Waals surface area contributed by atoms with E-state index in [0.717, 1.165) is 55.2 Å². The first-order valence-electron chi connectivity index (χ1n) is 32.9. The molecule has 2 fully saturated rings. The minimum absolute atomic E-state index is 0.116. The van der Waals surface area contributed by atoms with Crippen LogP contribution in [0.5, 0.6) is 5.75 Å². The highest BCUT2D eigenvalue weighted by atomic mass is 16.5. The van der Waals surface area contributed by atoms with Crippen LogP contribution >= 0.6 is 0 Å². The maximum absolute atomic E-state index is 13.9. The third-order valence-corrected chi connectivity index (χ3v) is 17.5. The molecule has 2 aliphatic heterocycles. The standard InChI is InChI=1S/C26H26N4O4.C25H24N4O3.C14H18N4.C13H11N3/c1-2-34-22-5-3-21(4-6-22)30-24(32)26(23(31)29-25(30)33,13-7-19-9-15-27-16-10-19)14-8-20-11-17-28-18-12-20;30-22-25(12-6-19-8-14-26-15-9-19,13-7-20-10-16-27-17-11-20)23(31)29(24(32)28-22)18-21-4-2-1-3-5-21;1-15-13(11-3-7-17-8-4-11)14(16-2)12-5-9-18-10-6-12;1-14-13(12-4-8-16-9-5-12)10-11-2-6-15-7-3-11/h3-6,9-12,15-18H,2,7-8,13-14H2,1H3,(H,29,31,33);1-5,8-11,14-17H,6-7,12-13,18H2,(H,28,30,32);3-10,13-16H,1-2H3;2-9,13H,10H2. The van der Waals surface area contributed by atoms with E-state index < -0.39 is 46.5 Å². The predicted octanol–water partition coefficient (Wildman–Crippen LogP) is 11.4. The maximum Gasteiger partial charge on any atom is 0.335 e. The Morgan fingerprint density at radius 3 is 1.15 bits per heavy atom. The Labute approximate surface area is 582 Å². The number of nitrogens with one attached hydrogen (secondary N) is 4. The lowest BCUT2D eigenvalue weighted by Crippen LogP contribution is -2.64. The highest BCUT2D eigenvalue weighted by Crippen LogP contribution is 2.39. The summed E-state index contributed by atoms with van der Waals surface area (Å²) >= 11 is 0. The second-order valence-electron chi connectivity index (χ2n) is 23.6. The molecule has 2 aromatic carbocycles. The highest BCUT2D eigenvalue weighted by molar-refractivity contribution is 6.30. The van der Waals surface area contributed by atoms with Crippen molar-refractivity contribution >= 4 is 41.4 Å². The van der Waals surface area contributed by atoms with Crippen LogP contribution in [0.25, 0.3) is 4.85 Å². The van der Waals surface area contributed by atoms with Crippen LogP contribution in [0.1, 0.15) is 101 Å². The van der Waals surface area contributed by atoms with Gasteiger partial charge in [-0.1, -0.05) is 30.3 Å². The summed E-state index contributed by atoms with van der Waals surface area (Å²) < 4.78 is 5.47. The van der Waals surface area contributed by atoms with E-state index in [1.165, 1.54) is 11.1 Å². The van der Waals surface area contributed by atoms with Crippen LogP contribution in [-0.4, -0.2) is 101 Å². The summed E-state index contributed by atoms with van der Waals surface area (Å²) in [6, 6.07) is 45.5. The molecular weight excluding hydrogens is 1260 g/mol. The molecule has 0 spiro atoms. The quantitative estimate of drug-likeness (QED) is 0.0306. The van der Waals surface area contributed by atoms with Crippen LogP contribution in [0.15, 0.2) is 251 Å². The third kappa shape index (κ3) is 19.4. The third-order valence-electron chi connectivity index (χ3n) is 17.5. The van der Waals surface area contributed by atoms with Crippen LogP contribution in [0, 0.1) is 17.4 Å². The molecule has 10 heterocycles. The van der Waals surface area contributed by atoms with Crippen LogP contribution in [-0.2, 0) is 57.8 Å². The van der Waals surface area contributed by atoms with E-state index in [4.69, 9.17) is 11.3 Å². The first-order chi connectivity index (χ1) is 48.9. The number of carbonyl (C=O) groups excluding carboxylic acids is 6. The van der Waals surface area contributed by atoms with E-state index in [0.29, 0.717) is 56.6 Å². The zero-order chi connectivity index (χ0) is 70.4. The van der Waals surface area contributed by atoms with Crippen molar-refractivity contribution in [2.75, 3.05) is 25.6 Å². The number of benzene rings is 2. The first-order valence-corrected chi connectivity index (χ1v) is 32.9. The van der Waals surface area contributed by atoms with Crippen molar-refractivity contribution < 1.29 is 33.5 Å². The molecule has 0 bridgehead atoms. The lowest BCUT2D eigenvalue weighted by Gasteiger charge is -2.39. The number of imide groups is 4. The number of ether oxygens (including phenoxy) is 1. The summed E-state index contributed by atoms with van der Waals surface area (Å²) in [4.78, 5) is 118. The Morgan fingerprint density at radius 2 is 0.780 bits per heavy atom. The number of carbonyl (C=O) groups is 6. The van der Waals surface area contributed by atoms with E-state index in [9.17, 15) is 28.8 Å². The molecule has 3 unspecified atom stereocenters. The lowest BCUT2D eigenvalue weighted by atomic mass is 9.74. The number of aromatic nitrogens is 8. The van der Waals surface area contributed by atoms with Crippen molar-refractivity contribution in [3.63, 3.8) is 0 Å². The molecule has 0 aliphatic carbocycles. The molecule has 2 saturated heterocycles. The summed E-state index contributed by atoms with van der Waals surface area (Å²) in [5.41, 5.74) is 6.92. The summed E-state index contributed by atoms with van der Waals surface area (Å²) in [5, 5.41) is 11.6. The van der Waals surface area contributed by atoms with E-state index in [2.05, 4.69) is 66.0 Å². The lowest BCUT2D eigenvalue weighted by molar-refractivity contribution is -0.153. The second kappa shape index (κ2) is 37.0. The maximum atomic E-state index is 13.9. The molecule has 8 amide bonds. The van der Waals surface area contributed by atoms with Gasteiger partial charge in [-0.25, -0.2) is 21.1 Å². The van der Waals surface area contributed by atoms with Crippen LogP contribution in [0.4, 0.5) is 15.3 Å². The Kier molecular flexibility index (Phi) is 26.8. The summed E-state index contributed by atoms with van der Waals surface area (Å²) in [6.45, 7) is 9.73. The summed E-state index contributed by atoms with van der Waals surface area (Å²) in [6.07, 6.45) is 31.5. The largest absolute Gasteiger partial charge is 0.494 e. The zero-order valence-electron chi connectivity index (χ0n) is 56.0. The van der Waals surface area contributed by atoms with Crippen molar-refractivity contribution in [3.8, 4) is 5.75 Å². The van der Waals surface area contributed by atoms with Crippen molar-refractivity contribution in [1.29, 1.82) is 0 Å². The number of nitrogens with zero attached hydrogens (tertiary/aromatic N) is 11. The molecule has 12 rings (SSSR count). The molecule has 0 radical (unpaired) electrons.